The Morgan fingerprint density at radius 1 is 1.00 bits per heavy atom. The monoisotopic (exact) mass is 338 g/mol. The van der Waals surface area contributed by atoms with Gasteiger partial charge in [0.05, 0.1) is 11.7 Å². The molecular formula is C18H21F3N2O. The van der Waals surface area contributed by atoms with Crippen LogP contribution in [0.1, 0.15) is 56.3 Å². The summed E-state index contributed by atoms with van der Waals surface area (Å²) < 4.78 is 37.7. The van der Waals surface area contributed by atoms with E-state index in [0.717, 1.165) is 37.8 Å². The summed E-state index contributed by atoms with van der Waals surface area (Å²) in [5.41, 5.74) is 0.430. The molecule has 130 valence electrons. The summed E-state index contributed by atoms with van der Waals surface area (Å²) >= 11 is 0. The van der Waals surface area contributed by atoms with E-state index in [1.54, 1.807) is 0 Å². The third kappa shape index (κ3) is 5.03. The minimum atomic E-state index is -4.36. The van der Waals surface area contributed by atoms with E-state index in [1.165, 1.54) is 24.5 Å². The van der Waals surface area contributed by atoms with Crippen molar-refractivity contribution in [3.05, 3.63) is 47.8 Å². The summed E-state index contributed by atoms with van der Waals surface area (Å²) in [7, 11) is 0. The molecule has 0 spiro atoms. The van der Waals surface area contributed by atoms with Crippen molar-refractivity contribution in [3.8, 4) is 11.4 Å². The van der Waals surface area contributed by atoms with E-state index in [2.05, 4.69) is 16.9 Å². The first kappa shape index (κ1) is 18.4. The summed E-state index contributed by atoms with van der Waals surface area (Å²) in [5.74, 6) is 0.339. The van der Waals surface area contributed by atoms with Crippen LogP contribution >= 0.6 is 0 Å². The number of hydrogen-bond donors (Lipinski definition) is 1. The largest absolute Gasteiger partial charge is 0.416 e. The Labute approximate surface area is 139 Å². The number of hydrogen-bond acceptors (Lipinski definition) is 3. The lowest BCUT2D eigenvalue weighted by Gasteiger charge is -2.11. The topological polar surface area (TPSA) is 46.0 Å². The van der Waals surface area contributed by atoms with Crippen LogP contribution in [0.5, 0.6) is 0 Å². The van der Waals surface area contributed by atoms with Crippen LogP contribution in [0.25, 0.3) is 11.4 Å². The molecule has 2 rings (SSSR count). The molecule has 1 aromatic carbocycles. The molecule has 0 amide bonds. The zero-order valence-corrected chi connectivity index (χ0v) is 13.6. The first-order valence-corrected chi connectivity index (χ1v) is 8.09. The molecule has 3 nitrogen and oxygen atoms in total. The van der Waals surface area contributed by atoms with Crippen LogP contribution in [-0.2, 0) is 6.18 Å². The number of nitrogens with zero attached hydrogens (tertiary/aromatic N) is 2. The molecule has 6 heteroatoms. The van der Waals surface area contributed by atoms with Crippen LogP contribution in [0.4, 0.5) is 13.2 Å². The first-order chi connectivity index (χ1) is 11.4. The van der Waals surface area contributed by atoms with Crippen molar-refractivity contribution in [2.24, 2.45) is 0 Å². The molecular weight excluding hydrogens is 317 g/mol. The van der Waals surface area contributed by atoms with Crippen molar-refractivity contribution in [3.63, 3.8) is 0 Å². The van der Waals surface area contributed by atoms with Crippen LogP contribution in [0.3, 0.4) is 0 Å². The Bertz CT molecular complexity index is 624. The molecule has 0 aliphatic rings. The third-order valence-corrected chi connectivity index (χ3v) is 3.86. The SMILES string of the molecule is CCCCCCC(O)c1cnc(-c2ccc(C(F)(F)F)cc2)nc1. The Hall–Kier alpha value is -1.95. The number of aliphatic hydroxyl groups is 1. The zero-order chi connectivity index (χ0) is 17.6. The highest BCUT2D eigenvalue weighted by molar-refractivity contribution is 5.55. The van der Waals surface area contributed by atoms with E-state index in [9.17, 15) is 18.3 Å². The van der Waals surface area contributed by atoms with E-state index in [0.29, 0.717) is 23.4 Å². The lowest BCUT2D eigenvalue weighted by Crippen LogP contribution is -2.04. The fraction of sp³-hybridized carbons (Fsp3) is 0.444. The minimum Gasteiger partial charge on any atom is -0.388 e. The summed E-state index contributed by atoms with van der Waals surface area (Å²) in [6.07, 6.45) is 3.07. The Balaban J connectivity index is 2.01. The fourth-order valence-corrected chi connectivity index (χ4v) is 2.40. The predicted octanol–water partition coefficient (Wildman–Crippen LogP) is 5.17. The van der Waals surface area contributed by atoms with E-state index in [1.807, 2.05) is 0 Å². The molecule has 2 aromatic rings. The Morgan fingerprint density at radius 2 is 1.62 bits per heavy atom. The molecule has 0 aliphatic heterocycles. The Kier molecular flexibility index (Phi) is 6.31. The molecule has 1 unspecified atom stereocenters. The summed E-state index contributed by atoms with van der Waals surface area (Å²) in [5, 5.41) is 10.1. The minimum absolute atomic E-state index is 0.339. The van der Waals surface area contributed by atoms with E-state index in [-0.39, 0.29) is 0 Å². The van der Waals surface area contributed by atoms with Gasteiger partial charge in [0.2, 0.25) is 0 Å². The lowest BCUT2D eigenvalue weighted by molar-refractivity contribution is -0.137. The highest BCUT2D eigenvalue weighted by atomic mass is 19.4. The van der Waals surface area contributed by atoms with Gasteiger partial charge in [-0.1, -0.05) is 44.7 Å². The van der Waals surface area contributed by atoms with Crippen LogP contribution < -0.4 is 0 Å². The number of halogens is 3. The number of unbranched alkanes of at least 4 members (excludes halogenated alkanes) is 3. The van der Waals surface area contributed by atoms with E-state index in [4.69, 9.17) is 0 Å². The number of rotatable bonds is 7. The molecule has 24 heavy (non-hydrogen) atoms. The van der Waals surface area contributed by atoms with E-state index < -0.39 is 17.8 Å². The maximum absolute atomic E-state index is 12.6. The van der Waals surface area contributed by atoms with Crippen molar-refractivity contribution in [2.45, 2.75) is 51.3 Å². The van der Waals surface area contributed by atoms with E-state index >= 15 is 0 Å². The first-order valence-electron chi connectivity index (χ1n) is 8.09. The highest BCUT2D eigenvalue weighted by Gasteiger charge is 2.30. The molecule has 1 aromatic heterocycles. The molecule has 1 N–H and O–H groups in total. The third-order valence-electron chi connectivity index (χ3n) is 3.86. The summed E-state index contributed by atoms with van der Waals surface area (Å²) in [6.45, 7) is 2.13. The van der Waals surface area contributed by atoms with Gasteiger partial charge >= 0.3 is 6.18 Å². The average molecular weight is 338 g/mol. The molecule has 0 radical (unpaired) electrons. The molecule has 0 bridgehead atoms. The van der Waals surface area contributed by atoms with Gasteiger partial charge in [0.25, 0.3) is 0 Å². The van der Waals surface area contributed by atoms with Gasteiger partial charge in [-0.05, 0) is 18.6 Å². The molecule has 1 heterocycles. The van der Waals surface area contributed by atoms with Crippen molar-refractivity contribution in [1.82, 2.24) is 9.97 Å². The fourth-order valence-electron chi connectivity index (χ4n) is 2.40. The zero-order valence-electron chi connectivity index (χ0n) is 13.6. The molecule has 1 atom stereocenters. The van der Waals surface area contributed by atoms with Crippen molar-refractivity contribution < 1.29 is 18.3 Å². The van der Waals surface area contributed by atoms with Gasteiger partial charge < -0.3 is 5.11 Å². The second kappa shape index (κ2) is 8.24. The lowest BCUT2D eigenvalue weighted by atomic mass is 10.1. The molecule has 0 saturated carbocycles. The quantitative estimate of drug-likeness (QED) is 0.709. The molecule has 0 aliphatic carbocycles. The van der Waals surface area contributed by atoms with Crippen molar-refractivity contribution in [1.29, 1.82) is 0 Å². The van der Waals surface area contributed by atoms with Crippen LogP contribution in [-0.4, -0.2) is 15.1 Å². The number of aromatic nitrogens is 2. The van der Waals surface area contributed by atoms with Gasteiger partial charge in [0.15, 0.2) is 5.82 Å². The van der Waals surface area contributed by atoms with Crippen LogP contribution in [0, 0.1) is 0 Å². The average Bonchev–Trinajstić information content (AvgIpc) is 2.58. The van der Waals surface area contributed by atoms with Crippen molar-refractivity contribution >= 4 is 0 Å². The second-order valence-corrected chi connectivity index (χ2v) is 5.78. The molecule has 0 fully saturated rings. The van der Waals surface area contributed by atoms with Crippen LogP contribution in [0.2, 0.25) is 0 Å². The van der Waals surface area contributed by atoms with Gasteiger partial charge in [-0.25, -0.2) is 9.97 Å². The van der Waals surface area contributed by atoms with Gasteiger partial charge in [-0.3, -0.25) is 0 Å². The van der Waals surface area contributed by atoms with Crippen molar-refractivity contribution in [2.75, 3.05) is 0 Å². The predicted molar refractivity (Wildman–Crippen MR) is 86.2 cm³/mol. The van der Waals surface area contributed by atoms with Crippen LogP contribution in [0.15, 0.2) is 36.7 Å². The normalized spacial score (nSPS) is 13.0. The standard InChI is InChI=1S/C18H21F3N2O/c1-2-3-4-5-6-16(24)14-11-22-17(23-12-14)13-7-9-15(10-8-13)18(19,20)21/h7-12,16,24H,2-6H2,1H3. The number of benzene rings is 1. The highest BCUT2D eigenvalue weighted by Crippen LogP contribution is 2.30. The smallest absolute Gasteiger partial charge is 0.388 e. The maximum atomic E-state index is 12.6. The number of aliphatic hydroxyl groups excluding tert-OH is 1. The number of alkyl halides is 3. The summed E-state index contributed by atoms with van der Waals surface area (Å²) in [4.78, 5) is 8.31. The Morgan fingerprint density at radius 3 is 2.17 bits per heavy atom. The van der Waals surface area contributed by atoms with Gasteiger partial charge in [-0.2, -0.15) is 13.2 Å². The summed E-state index contributed by atoms with van der Waals surface area (Å²) in [6, 6.07) is 4.71. The molecule has 0 saturated heterocycles. The van der Waals surface area contributed by atoms with Gasteiger partial charge in [0.1, 0.15) is 0 Å². The second-order valence-electron chi connectivity index (χ2n) is 5.78. The van der Waals surface area contributed by atoms with Gasteiger partial charge in [-0.15, -0.1) is 0 Å². The van der Waals surface area contributed by atoms with Gasteiger partial charge in [0, 0.05) is 23.5 Å². The maximum Gasteiger partial charge on any atom is 0.416 e.